The molecule has 2 aromatic heterocycles. The lowest BCUT2D eigenvalue weighted by molar-refractivity contribution is 0.0701. The molecule has 1 aliphatic heterocycles. The first-order chi connectivity index (χ1) is 14.0. The summed E-state index contributed by atoms with van der Waals surface area (Å²) in [6, 6.07) is 14.7. The van der Waals surface area contributed by atoms with Crippen molar-refractivity contribution in [3.05, 3.63) is 104 Å². The maximum absolute atomic E-state index is 13.4. The van der Waals surface area contributed by atoms with Gasteiger partial charge in [0.05, 0.1) is 29.8 Å². The standard InChI is InChI=1S/C22H13Cl2NO4/c23-13-5-3-12(4-6-13)19-18-20(26)16-10-14(24)7-8-17(16)29-21(18)22(27)25(19)11-15-2-1-9-28-15/h1-10,19H,11H2/t19-/m0/s1. The molecule has 2 aromatic carbocycles. The summed E-state index contributed by atoms with van der Waals surface area (Å²) in [4.78, 5) is 28.2. The van der Waals surface area contributed by atoms with Gasteiger partial charge in [-0.3, -0.25) is 9.59 Å². The molecule has 1 amide bonds. The van der Waals surface area contributed by atoms with Gasteiger partial charge in [-0.05, 0) is 48.0 Å². The van der Waals surface area contributed by atoms with E-state index < -0.39 is 6.04 Å². The van der Waals surface area contributed by atoms with Crippen molar-refractivity contribution in [1.82, 2.24) is 4.90 Å². The Morgan fingerprint density at radius 1 is 0.966 bits per heavy atom. The minimum Gasteiger partial charge on any atom is -0.467 e. The maximum Gasteiger partial charge on any atom is 0.291 e. The lowest BCUT2D eigenvalue weighted by Crippen LogP contribution is -2.29. The Balaban J connectivity index is 1.75. The molecular weight excluding hydrogens is 413 g/mol. The van der Waals surface area contributed by atoms with E-state index in [-0.39, 0.29) is 23.6 Å². The quantitative estimate of drug-likeness (QED) is 0.438. The summed E-state index contributed by atoms with van der Waals surface area (Å²) in [5.74, 6) is 0.270. The first kappa shape index (κ1) is 18.0. The van der Waals surface area contributed by atoms with Gasteiger partial charge < -0.3 is 13.7 Å². The van der Waals surface area contributed by atoms with E-state index in [1.54, 1.807) is 65.8 Å². The van der Waals surface area contributed by atoms with Crippen molar-refractivity contribution in [3.63, 3.8) is 0 Å². The average molecular weight is 426 g/mol. The molecule has 1 atom stereocenters. The summed E-state index contributed by atoms with van der Waals surface area (Å²) in [6.45, 7) is 0.194. The summed E-state index contributed by atoms with van der Waals surface area (Å²) in [5, 5.41) is 1.32. The summed E-state index contributed by atoms with van der Waals surface area (Å²) in [7, 11) is 0. The van der Waals surface area contributed by atoms with Crippen molar-refractivity contribution in [2.45, 2.75) is 12.6 Å². The van der Waals surface area contributed by atoms with Gasteiger partial charge in [-0.15, -0.1) is 0 Å². The van der Waals surface area contributed by atoms with Crippen molar-refractivity contribution >= 4 is 40.1 Å². The molecule has 3 heterocycles. The summed E-state index contributed by atoms with van der Waals surface area (Å²) in [6.07, 6.45) is 1.54. The van der Waals surface area contributed by atoms with E-state index in [1.807, 2.05) is 0 Å². The number of fused-ring (bicyclic) bond motifs is 2. The van der Waals surface area contributed by atoms with Crippen LogP contribution in [0.3, 0.4) is 0 Å². The molecule has 0 fully saturated rings. The first-order valence-electron chi connectivity index (χ1n) is 8.88. The van der Waals surface area contributed by atoms with Gasteiger partial charge in [0.25, 0.3) is 5.91 Å². The fourth-order valence-electron chi connectivity index (χ4n) is 3.72. The normalized spacial score (nSPS) is 15.9. The predicted molar refractivity (Wildman–Crippen MR) is 109 cm³/mol. The number of amides is 1. The fourth-order valence-corrected chi connectivity index (χ4v) is 4.02. The van der Waals surface area contributed by atoms with Crippen LogP contribution >= 0.6 is 23.2 Å². The van der Waals surface area contributed by atoms with Gasteiger partial charge in [0.2, 0.25) is 5.76 Å². The van der Waals surface area contributed by atoms with E-state index in [0.717, 1.165) is 5.56 Å². The lowest BCUT2D eigenvalue weighted by atomic mass is 9.98. The van der Waals surface area contributed by atoms with Crippen LogP contribution in [0.25, 0.3) is 11.0 Å². The van der Waals surface area contributed by atoms with Gasteiger partial charge in [0.15, 0.2) is 5.43 Å². The highest BCUT2D eigenvalue weighted by Gasteiger charge is 2.43. The minimum atomic E-state index is -0.625. The van der Waals surface area contributed by atoms with Crippen LogP contribution in [0.4, 0.5) is 0 Å². The van der Waals surface area contributed by atoms with E-state index >= 15 is 0 Å². The Bertz CT molecular complexity index is 1290. The Kier molecular flexibility index (Phi) is 4.23. The smallest absolute Gasteiger partial charge is 0.291 e. The van der Waals surface area contributed by atoms with E-state index in [1.165, 1.54) is 0 Å². The van der Waals surface area contributed by atoms with Crippen molar-refractivity contribution in [2.75, 3.05) is 0 Å². The fraction of sp³-hybridized carbons (Fsp3) is 0.0909. The zero-order valence-corrected chi connectivity index (χ0v) is 16.4. The van der Waals surface area contributed by atoms with Crippen LogP contribution < -0.4 is 5.43 Å². The van der Waals surface area contributed by atoms with Gasteiger partial charge in [-0.2, -0.15) is 0 Å². The predicted octanol–water partition coefficient (Wildman–Crippen LogP) is 5.44. The Morgan fingerprint density at radius 2 is 1.72 bits per heavy atom. The van der Waals surface area contributed by atoms with Crippen LogP contribution in [0.5, 0.6) is 0 Å². The molecule has 0 spiro atoms. The molecule has 7 heteroatoms. The van der Waals surface area contributed by atoms with E-state index in [4.69, 9.17) is 32.0 Å². The lowest BCUT2D eigenvalue weighted by Gasteiger charge is -2.24. The number of carbonyl (C=O) groups is 1. The van der Waals surface area contributed by atoms with Crippen LogP contribution in [0.1, 0.15) is 33.5 Å². The molecule has 5 rings (SSSR count). The molecule has 0 saturated carbocycles. The third kappa shape index (κ3) is 2.94. The molecule has 0 bridgehead atoms. The molecular formula is C22H13Cl2NO4. The molecule has 0 aliphatic carbocycles. The third-order valence-corrected chi connectivity index (χ3v) is 5.51. The monoisotopic (exact) mass is 425 g/mol. The molecule has 0 saturated heterocycles. The Morgan fingerprint density at radius 3 is 2.45 bits per heavy atom. The number of halogens is 2. The molecule has 4 aromatic rings. The number of rotatable bonds is 3. The second kappa shape index (κ2) is 6.79. The highest BCUT2D eigenvalue weighted by atomic mass is 35.5. The number of furan rings is 1. The largest absolute Gasteiger partial charge is 0.467 e. The summed E-state index contributed by atoms with van der Waals surface area (Å²) < 4.78 is 11.3. The Labute approximate surface area is 175 Å². The molecule has 0 radical (unpaired) electrons. The molecule has 144 valence electrons. The van der Waals surface area contributed by atoms with Crippen molar-refractivity contribution < 1.29 is 13.6 Å². The summed E-state index contributed by atoms with van der Waals surface area (Å²) >= 11 is 12.1. The van der Waals surface area contributed by atoms with Gasteiger partial charge in [0.1, 0.15) is 11.3 Å². The number of hydrogen-bond donors (Lipinski definition) is 0. The van der Waals surface area contributed by atoms with Crippen LogP contribution in [0.2, 0.25) is 10.0 Å². The Hall–Kier alpha value is -3.02. The molecule has 29 heavy (non-hydrogen) atoms. The molecule has 1 aliphatic rings. The van der Waals surface area contributed by atoms with Crippen LogP contribution in [0.15, 0.2) is 74.5 Å². The maximum atomic E-state index is 13.4. The van der Waals surface area contributed by atoms with Crippen molar-refractivity contribution in [2.24, 2.45) is 0 Å². The van der Waals surface area contributed by atoms with E-state index in [0.29, 0.717) is 32.3 Å². The zero-order valence-electron chi connectivity index (χ0n) is 14.9. The second-order valence-corrected chi connectivity index (χ2v) is 7.65. The summed E-state index contributed by atoms with van der Waals surface area (Å²) in [5.41, 5.74) is 1.08. The number of hydrogen-bond acceptors (Lipinski definition) is 4. The second-order valence-electron chi connectivity index (χ2n) is 6.78. The van der Waals surface area contributed by atoms with Gasteiger partial charge in [0, 0.05) is 10.0 Å². The molecule has 5 nitrogen and oxygen atoms in total. The van der Waals surface area contributed by atoms with Gasteiger partial charge in [-0.25, -0.2) is 0 Å². The highest BCUT2D eigenvalue weighted by molar-refractivity contribution is 6.31. The zero-order chi connectivity index (χ0) is 20.1. The third-order valence-electron chi connectivity index (χ3n) is 5.02. The van der Waals surface area contributed by atoms with Crippen LogP contribution in [-0.2, 0) is 6.54 Å². The SMILES string of the molecule is O=C1c2oc3ccc(Cl)cc3c(=O)c2[C@H](c2ccc(Cl)cc2)N1Cc1ccco1. The number of benzene rings is 2. The first-order valence-corrected chi connectivity index (χ1v) is 9.63. The van der Waals surface area contributed by atoms with Crippen LogP contribution in [0, 0.1) is 0 Å². The van der Waals surface area contributed by atoms with Crippen molar-refractivity contribution in [1.29, 1.82) is 0 Å². The topological polar surface area (TPSA) is 63.7 Å². The van der Waals surface area contributed by atoms with Crippen LogP contribution in [-0.4, -0.2) is 10.8 Å². The number of carbonyl (C=O) groups excluding carboxylic acids is 1. The minimum absolute atomic E-state index is 0.0383. The van der Waals surface area contributed by atoms with Gasteiger partial charge >= 0.3 is 0 Å². The highest BCUT2D eigenvalue weighted by Crippen LogP contribution is 2.39. The molecule has 0 N–H and O–H groups in total. The van der Waals surface area contributed by atoms with E-state index in [9.17, 15) is 9.59 Å². The van der Waals surface area contributed by atoms with E-state index in [2.05, 4.69) is 0 Å². The van der Waals surface area contributed by atoms with Gasteiger partial charge in [-0.1, -0.05) is 35.3 Å². The van der Waals surface area contributed by atoms with Crippen molar-refractivity contribution in [3.8, 4) is 0 Å². The number of nitrogens with zero attached hydrogens (tertiary/aromatic N) is 1. The molecule has 0 unspecified atom stereocenters. The average Bonchev–Trinajstić information content (AvgIpc) is 3.32.